The number of halogens is 1. The van der Waals surface area contributed by atoms with Gasteiger partial charge in [-0.05, 0) is 49.9 Å². The number of likely N-dealkylation sites (tertiary alicyclic amines) is 1. The molecule has 1 aromatic rings. The van der Waals surface area contributed by atoms with Crippen LogP contribution in [-0.4, -0.2) is 35.1 Å². The Hall–Kier alpha value is -1.42. The summed E-state index contributed by atoms with van der Waals surface area (Å²) >= 11 is 0. The van der Waals surface area contributed by atoms with Gasteiger partial charge in [-0.15, -0.1) is 0 Å². The highest BCUT2D eigenvalue weighted by molar-refractivity contribution is 5.94. The lowest BCUT2D eigenvalue weighted by atomic mass is 9.98. The van der Waals surface area contributed by atoms with Crippen LogP contribution in [0, 0.1) is 5.82 Å². The molecule has 98 valence electrons. The number of piperidine rings is 1. The van der Waals surface area contributed by atoms with Crippen molar-refractivity contribution in [1.82, 2.24) is 4.90 Å². The molecule has 18 heavy (non-hydrogen) atoms. The summed E-state index contributed by atoms with van der Waals surface area (Å²) in [6.07, 6.45) is 3.65. The minimum absolute atomic E-state index is 0.0619. The Labute approximate surface area is 106 Å². The summed E-state index contributed by atoms with van der Waals surface area (Å²) in [6, 6.07) is 5.75. The predicted molar refractivity (Wildman–Crippen MR) is 66.8 cm³/mol. The minimum Gasteiger partial charge on any atom is -0.396 e. The quantitative estimate of drug-likeness (QED) is 0.894. The summed E-state index contributed by atoms with van der Waals surface area (Å²) in [5, 5.41) is 9.04. The summed E-state index contributed by atoms with van der Waals surface area (Å²) < 4.78 is 12.8. The van der Waals surface area contributed by atoms with Crippen molar-refractivity contribution in [3.8, 4) is 0 Å². The molecule has 1 aliphatic rings. The number of amides is 1. The number of rotatable bonds is 3. The fraction of sp³-hybridized carbons (Fsp3) is 0.500. The van der Waals surface area contributed by atoms with Crippen LogP contribution in [0.3, 0.4) is 0 Å². The van der Waals surface area contributed by atoms with Crippen molar-refractivity contribution in [3.63, 3.8) is 0 Å². The van der Waals surface area contributed by atoms with Gasteiger partial charge in [0.05, 0.1) is 0 Å². The summed E-state index contributed by atoms with van der Waals surface area (Å²) in [4.78, 5) is 14.1. The van der Waals surface area contributed by atoms with Crippen LogP contribution in [0.15, 0.2) is 24.3 Å². The van der Waals surface area contributed by atoms with Crippen LogP contribution in [0.1, 0.15) is 36.0 Å². The second kappa shape index (κ2) is 5.96. The Morgan fingerprint density at radius 3 is 2.72 bits per heavy atom. The summed E-state index contributed by atoms with van der Waals surface area (Å²) in [5.41, 5.74) is 0.515. The Morgan fingerprint density at radius 2 is 2.06 bits per heavy atom. The number of nitrogens with zero attached hydrogens (tertiary/aromatic N) is 1. The van der Waals surface area contributed by atoms with Crippen LogP contribution >= 0.6 is 0 Å². The summed E-state index contributed by atoms with van der Waals surface area (Å²) in [6.45, 7) is 0.818. The van der Waals surface area contributed by atoms with E-state index in [0.29, 0.717) is 12.0 Å². The van der Waals surface area contributed by atoms with Gasteiger partial charge in [0.25, 0.3) is 5.91 Å². The Bertz CT molecular complexity index is 403. The number of hydrogen-bond acceptors (Lipinski definition) is 2. The van der Waals surface area contributed by atoms with E-state index in [1.54, 1.807) is 0 Å². The van der Waals surface area contributed by atoms with Gasteiger partial charge < -0.3 is 10.0 Å². The van der Waals surface area contributed by atoms with Crippen molar-refractivity contribution in [2.24, 2.45) is 0 Å². The van der Waals surface area contributed by atoms with E-state index in [-0.39, 0.29) is 24.4 Å². The van der Waals surface area contributed by atoms with Crippen LogP contribution in [-0.2, 0) is 0 Å². The number of aliphatic hydroxyl groups excluding tert-OH is 1. The molecule has 0 aliphatic carbocycles. The molecule has 1 aliphatic heterocycles. The maximum atomic E-state index is 12.8. The van der Waals surface area contributed by atoms with E-state index in [9.17, 15) is 9.18 Å². The standard InChI is InChI=1S/C14H18FNO2/c15-12-6-4-11(5-7-12)14(18)16-9-2-1-3-13(16)8-10-17/h4-7,13,17H,1-3,8-10H2/t13-/m1/s1. The second-order valence-corrected chi connectivity index (χ2v) is 4.67. The fourth-order valence-electron chi connectivity index (χ4n) is 2.48. The lowest BCUT2D eigenvalue weighted by Crippen LogP contribution is -2.44. The maximum absolute atomic E-state index is 12.8. The van der Waals surface area contributed by atoms with Gasteiger partial charge in [0.2, 0.25) is 0 Å². The van der Waals surface area contributed by atoms with Crippen LogP contribution in [0.4, 0.5) is 4.39 Å². The highest BCUT2D eigenvalue weighted by Gasteiger charge is 2.26. The molecule has 1 N–H and O–H groups in total. The van der Waals surface area contributed by atoms with Crippen LogP contribution < -0.4 is 0 Å². The molecule has 0 aromatic heterocycles. The Kier molecular flexibility index (Phi) is 4.31. The molecule has 1 atom stereocenters. The third-order valence-electron chi connectivity index (χ3n) is 3.44. The second-order valence-electron chi connectivity index (χ2n) is 4.67. The normalized spacial score (nSPS) is 19.9. The molecule has 0 unspecified atom stereocenters. The topological polar surface area (TPSA) is 40.5 Å². The molecule has 0 radical (unpaired) electrons. The molecular weight excluding hydrogens is 233 g/mol. The third-order valence-corrected chi connectivity index (χ3v) is 3.44. The molecule has 1 fully saturated rings. The van der Waals surface area contributed by atoms with Crippen LogP contribution in [0.5, 0.6) is 0 Å². The third kappa shape index (κ3) is 2.88. The Morgan fingerprint density at radius 1 is 1.33 bits per heavy atom. The smallest absolute Gasteiger partial charge is 0.254 e. The van der Waals surface area contributed by atoms with Gasteiger partial charge in [-0.3, -0.25) is 4.79 Å². The molecule has 3 nitrogen and oxygen atoms in total. The maximum Gasteiger partial charge on any atom is 0.254 e. The molecule has 0 saturated carbocycles. The summed E-state index contributed by atoms with van der Waals surface area (Å²) in [5.74, 6) is -0.398. The van der Waals surface area contributed by atoms with Gasteiger partial charge in [-0.2, -0.15) is 0 Å². The van der Waals surface area contributed by atoms with E-state index in [2.05, 4.69) is 0 Å². The number of carbonyl (C=O) groups is 1. The van der Waals surface area contributed by atoms with E-state index >= 15 is 0 Å². The van der Waals surface area contributed by atoms with Gasteiger partial charge in [0.1, 0.15) is 5.82 Å². The van der Waals surface area contributed by atoms with E-state index in [1.165, 1.54) is 24.3 Å². The lowest BCUT2D eigenvalue weighted by molar-refractivity contribution is 0.0574. The molecule has 0 spiro atoms. The van der Waals surface area contributed by atoms with Gasteiger partial charge >= 0.3 is 0 Å². The SMILES string of the molecule is O=C(c1ccc(F)cc1)N1CCCC[C@@H]1CCO. The molecule has 1 aromatic carbocycles. The average molecular weight is 251 g/mol. The fourth-order valence-corrected chi connectivity index (χ4v) is 2.48. The van der Waals surface area contributed by atoms with E-state index in [1.807, 2.05) is 4.90 Å². The molecule has 0 bridgehead atoms. The van der Waals surface area contributed by atoms with Crippen molar-refractivity contribution >= 4 is 5.91 Å². The zero-order valence-electron chi connectivity index (χ0n) is 10.3. The van der Waals surface area contributed by atoms with E-state index in [0.717, 1.165) is 25.8 Å². The highest BCUT2D eigenvalue weighted by Crippen LogP contribution is 2.21. The van der Waals surface area contributed by atoms with E-state index in [4.69, 9.17) is 5.11 Å². The van der Waals surface area contributed by atoms with Crippen LogP contribution in [0.2, 0.25) is 0 Å². The van der Waals surface area contributed by atoms with E-state index < -0.39 is 0 Å². The summed E-state index contributed by atoms with van der Waals surface area (Å²) in [7, 11) is 0. The van der Waals surface area contributed by atoms with Crippen molar-refractivity contribution in [1.29, 1.82) is 0 Å². The van der Waals surface area contributed by atoms with Gasteiger partial charge in [-0.1, -0.05) is 0 Å². The predicted octanol–water partition coefficient (Wildman–Crippen LogP) is 2.20. The first-order chi connectivity index (χ1) is 8.72. The largest absolute Gasteiger partial charge is 0.396 e. The Balaban J connectivity index is 2.12. The van der Waals surface area contributed by atoms with Crippen molar-refractivity contribution < 1.29 is 14.3 Å². The van der Waals surface area contributed by atoms with Crippen molar-refractivity contribution in [3.05, 3.63) is 35.6 Å². The lowest BCUT2D eigenvalue weighted by Gasteiger charge is -2.35. The number of benzene rings is 1. The van der Waals surface area contributed by atoms with Crippen molar-refractivity contribution in [2.75, 3.05) is 13.2 Å². The molecule has 1 heterocycles. The molecular formula is C14H18FNO2. The first-order valence-electron chi connectivity index (χ1n) is 6.40. The first kappa shape index (κ1) is 13.0. The van der Waals surface area contributed by atoms with Gasteiger partial charge in [-0.25, -0.2) is 4.39 Å². The molecule has 1 amide bonds. The van der Waals surface area contributed by atoms with Crippen molar-refractivity contribution in [2.45, 2.75) is 31.7 Å². The monoisotopic (exact) mass is 251 g/mol. The van der Waals surface area contributed by atoms with Gasteiger partial charge in [0.15, 0.2) is 0 Å². The van der Waals surface area contributed by atoms with Gasteiger partial charge in [0, 0.05) is 24.8 Å². The minimum atomic E-state index is -0.336. The highest BCUT2D eigenvalue weighted by atomic mass is 19.1. The number of hydrogen-bond donors (Lipinski definition) is 1. The number of aliphatic hydroxyl groups is 1. The molecule has 1 saturated heterocycles. The molecule has 4 heteroatoms. The zero-order valence-corrected chi connectivity index (χ0v) is 10.3. The zero-order chi connectivity index (χ0) is 13.0. The first-order valence-corrected chi connectivity index (χ1v) is 6.40. The average Bonchev–Trinajstić information content (AvgIpc) is 2.40. The van der Waals surface area contributed by atoms with Crippen LogP contribution in [0.25, 0.3) is 0 Å². The number of carbonyl (C=O) groups excluding carboxylic acids is 1. The molecule has 2 rings (SSSR count).